The molecule has 0 spiro atoms. The molecule has 1 fully saturated rings. The van der Waals surface area contributed by atoms with Crippen molar-refractivity contribution in [3.63, 3.8) is 0 Å². The van der Waals surface area contributed by atoms with Gasteiger partial charge in [-0.15, -0.1) is 0 Å². The fraction of sp³-hybridized carbons (Fsp3) is 0.300. The molecule has 0 bridgehead atoms. The number of benzene rings is 2. The lowest BCUT2D eigenvalue weighted by Crippen LogP contribution is -2.48. The molecule has 0 saturated heterocycles. The van der Waals surface area contributed by atoms with Crippen molar-refractivity contribution in [1.82, 2.24) is 5.32 Å². The van der Waals surface area contributed by atoms with Crippen molar-refractivity contribution in [2.24, 2.45) is 22.4 Å². The van der Waals surface area contributed by atoms with Crippen molar-refractivity contribution in [2.75, 3.05) is 5.32 Å². The largest absolute Gasteiger partial charge is 0.341 e. The van der Waals surface area contributed by atoms with E-state index in [2.05, 4.69) is 15.6 Å². The molecule has 0 heterocycles. The van der Waals surface area contributed by atoms with Gasteiger partial charge < -0.3 is 22.1 Å². The van der Waals surface area contributed by atoms with Gasteiger partial charge in [-0.25, -0.2) is 8.78 Å². The van der Waals surface area contributed by atoms with Crippen LogP contribution in [0.1, 0.15) is 29.6 Å². The lowest BCUT2D eigenvalue weighted by molar-refractivity contribution is 0.100. The molecule has 6 nitrogen and oxygen atoms in total. The zero-order chi connectivity index (χ0) is 21.8. The summed E-state index contributed by atoms with van der Waals surface area (Å²) in [4.78, 5) is 16.5. The zero-order valence-corrected chi connectivity index (χ0v) is 17.4. The normalized spacial score (nSPS) is 16.1. The summed E-state index contributed by atoms with van der Waals surface area (Å²) in [6.07, 6.45) is 1.95. The van der Waals surface area contributed by atoms with Crippen LogP contribution >= 0.6 is 23.2 Å². The Morgan fingerprint density at radius 2 is 1.90 bits per heavy atom. The van der Waals surface area contributed by atoms with Crippen molar-refractivity contribution in [3.8, 4) is 0 Å². The van der Waals surface area contributed by atoms with E-state index in [0.717, 1.165) is 25.0 Å². The van der Waals surface area contributed by atoms with Gasteiger partial charge in [0.1, 0.15) is 11.6 Å². The average molecular weight is 456 g/mol. The van der Waals surface area contributed by atoms with Crippen molar-refractivity contribution >= 4 is 40.8 Å². The Morgan fingerprint density at radius 3 is 2.53 bits per heavy atom. The number of rotatable bonds is 6. The highest BCUT2D eigenvalue weighted by atomic mass is 35.5. The molecule has 6 N–H and O–H groups in total. The number of hydrogen-bond acceptors (Lipinski definition) is 3. The Balaban J connectivity index is 1.81. The number of aliphatic imine (C=N–C) groups is 1. The first-order chi connectivity index (χ1) is 14.2. The monoisotopic (exact) mass is 455 g/mol. The lowest BCUT2D eigenvalue weighted by atomic mass is 10.1. The molecule has 160 valence electrons. The number of guanidine groups is 1. The summed E-state index contributed by atoms with van der Waals surface area (Å²) in [6, 6.07) is 7.27. The molecule has 2 unspecified atom stereocenters. The van der Waals surface area contributed by atoms with Crippen LogP contribution in [0.5, 0.6) is 0 Å². The standard InChI is InChI=1S/C20H21Cl2F2N5O/c21-12-6-13(23)8-14(7-12)27-20(28-18(26)9-17(25)10-1-2-10)29-19(30)11-3-4-15(22)16(24)5-11/h3-8,10,17-18H,1-2,9,25-26H2,(H2,27,28,29,30). The van der Waals surface area contributed by atoms with E-state index in [1.165, 1.54) is 24.3 Å². The molecule has 1 aliphatic carbocycles. The van der Waals surface area contributed by atoms with Gasteiger partial charge in [-0.2, -0.15) is 4.99 Å². The number of nitrogens with two attached hydrogens (primary N) is 2. The summed E-state index contributed by atoms with van der Waals surface area (Å²) in [6.45, 7) is 0. The second kappa shape index (κ2) is 9.70. The number of halogens is 4. The smallest absolute Gasteiger partial charge is 0.280 e. The van der Waals surface area contributed by atoms with Gasteiger partial charge in [0.25, 0.3) is 5.91 Å². The number of anilines is 1. The van der Waals surface area contributed by atoms with Gasteiger partial charge in [-0.05, 0) is 61.6 Å². The number of amides is 1. The first-order valence-corrected chi connectivity index (χ1v) is 10.1. The van der Waals surface area contributed by atoms with Crippen molar-refractivity contribution in [2.45, 2.75) is 31.5 Å². The highest BCUT2D eigenvalue weighted by Crippen LogP contribution is 2.32. The van der Waals surface area contributed by atoms with Gasteiger partial charge in [0, 0.05) is 22.3 Å². The summed E-state index contributed by atoms with van der Waals surface area (Å²) in [5, 5.41) is 5.71. The van der Waals surface area contributed by atoms with Crippen LogP contribution < -0.4 is 22.1 Å². The number of carbonyl (C=O) groups excluding carboxylic acids is 1. The van der Waals surface area contributed by atoms with E-state index in [4.69, 9.17) is 34.7 Å². The molecule has 1 aliphatic rings. The van der Waals surface area contributed by atoms with Gasteiger partial charge in [0.2, 0.25) is 5.96 Å². The molecular weight excluding hydrogens is 435 g/mol. The third-order valence-corrected chi connectivity index (χ3v) is 5.11. The van der Waals surface area contributed by atoms with Crippen LogP contribution in [0.25, 0.3) is 0 Å². The highest BCUT2D eigenvalue weighted by Gasteiger charge is 2.29. The highest BCUT2D eigenvalue weighted by molar-refractivity contribution is 6.31. The van der Waals surface area contributed by atoms with Gasteiger partial charge in [0.05, 0.1) is 11.2 Å². The minimum absolute atomic E-state index is 0.0153. The number of carbonyl (C=O) groups is 1. The SMILES string of the molecule is NC(CC(N)C1CC1)N/C(=N\C(=O)c1ccc(Cl)c(F)c1)Nc1cc(F)cc(Cl)c1. The van der Waals surface area contributed by atoms with Crippen molar-refractivity contribution in [3.05, 3.63) is 63.6 Å². The Morgan fingerprint density at radius 1 is 1.17 bits per heavy atom. The maximum atomic E-state index is 13.7. The Labute approximate surface area is 182 Å². The fourth-order valence-electron chi connectivity index (χ4n) is 2.90. The summed E-state index contributed by atoms with van der Waals surface area (Å²) in [5.74, 6) is -1.68. The van der Waals surface area contributed by atoms with Crippen LogP contribution in [0.2, 0.25) is 10.0 Å². The maximum Gasteiger partial charge on any atom is 0.280 e. The molecule has 1 amide bonds. The maximum absolute atomic E-state index is 13.7. The fourth-order valence-corrected chi connectivity index (χ4v) is 3.24. The quantitative estimate of drug-likeness (QED) is 0.300. The molecule has 1 saturated carbocycles. The van der Waals surface area contributed by atoms with Crippen LogP contribution in [0.15, 0.2) is 41.4 Å². The van der Waals surface area contributed by atoms with E-state index in [9.17, 15) is 13.6 Å². The Kier molecular flexibility index (Phi) is 7.25. The molecule has 0 aliphatic heterocycles. The Bertz CT molecular complexity index is 948. The van der Waals surface area contributed by atoms with E-state index in [1.807, 2.05) is 0 Å². The van der Waals surface area contributed by atoms with Crippen LogP contribution in [-0.2, 0) is 0 Å². The van der Waals surface area contributed by atoms with E-state index >= 15 is 0 Å². The van der Waals surface area contributed by atoms with E-state index in [-0.39, 0.29) is 33.3 Å². The molecule has 2 aromatic rings. The molecule has 3 rings (SSSR count). The van der Waals surface area contributed by atoms with Crippen molar-refractivity contribution < 1.29 is 13.6 Å². The lowest BCUT2D eigenvalue weighted by Gasteiger charge is -2.21. The number of nitrogens with one attached hydrogen (secondary N) is 2. The zero-order valence-electron chi connectivity index (χ0n) is 15.8. The first kappa shape index (κ1) is 22.4. The molecule has 10 heteroatoms. The second-order valence-electron chi connectivity index (χ2n) is 7.17. The van der Waals surface area contributed by atoms with E-state index < -0.39 is 23.7 Å². The van der Waals surface area contributed by atoms with Gasteiger partial charge in [-0.1, -0.05) is 23.2 Å². The van der Waals surface area contributed by atoms with E-state index in [1.54, 1.807) is 0 Å². The number of nitrogens with zero attached hydrogens (tertiary/aromatic N) is 1. The number of hydrogen-bond donors (Lipinski definition) is 4. The van der Waals surface area contributed by atoms with E-state index in [0.29, 0.717) is 12.3 Å². The third kappa shape index (κ3) is 6.37. The minimum Gasteiger partial charge on any atom is -0.341 e. The van der Waals surface area contributed by atoms with Crippen LogP contribution in [-0.4, -0.2) is 24.1 Å². The second-order valence-corrected chi connectivity index (χ2v) is 8.01. The summed E-state index contributed by atoms with van der Waals surface area (Å²) in [7, 11) is 0. The molecule has 30 heavy (non-hydrogen) atoms. The minimum atomic E-state index is -0.748. The van der Waals surface area contributed by atoms with Crippen LogP contribution in [0.3, 0.4) is 0 Å². The topological polar surface area (TPSA) is 106 Å². The third-order valence-electron chi connectivity index (χ3n) is 4.58. The molecule has 0 aromatic heterocycles. The molecule has 2 aromatic carbocycles. The van der Waals surface area contributed by atoms with Crippen LogP contribution in [0.4, 0.5) is 14.5 Å². The van der Waals surface area contributed by atoms with Crippen molar-refractivity contribution in [1.29, 1.82) is 0 Å². The summed E-state index contributed by atoms with van der Waals surface area (Å²) >= 11 is 11.5. The molecule has 0 radical (unpaired) electrons. The Hall–Kier alpha value is -2.26. The van der Waals surface area contributed by atoms with Crippen LogP contribution in [0, 0.1) is 17.6 Å². The van der Waals surface area contributed by atoms with Gasteiger partial charge in [0.15, 0.2) is 0 Å². The molecular formula is C20H21Cl2F2N5O. The predicted molar refractivity (Wildman–Crippen MR) is 115 cm³/mol. The molecule has 2 atom stereocenters. The average Bonchev–Trinajstić information content (AvgIpc) is 3.48. The first-order valence-electron chi connectivity index (χ1n) is 9.30. The predicted octanol–water partition coefficient (Wildman–Crippen LogP) is 3.88. The summed E-state index contributed by atoms with van der Waals surface area (Å²) < 4.78 is 27.4. The van der Waals surface area contributed by atoms with Gasteiger partial charge >= 0.3 is 0 Å². The summed E-state index contributed by atoms with van der Waals surface area (Å²) in [5.41, 5.74) is 12.4. The van der Waals surface area contributed by atoms with Gasteiger partial charge in [-0.3, -0.25) is 4.79 Å².